The minimum absolute atomic E-state index is 0.0754. The number of benzene rings is 3. The summed E-state index contributed by atoms with van der Waals surface area (Å²) in [5.41, 5.74) is 0.508. The zero-order valence-corrected chi connectivity index (χ0v) is 25.7. The zero-order valence-electron chi connectivity index (χ0n) is 24.0. The van der Waals surface area contributed by atoms with Crippen LogP contribution in [0.4, 0.5) is 29.3 Å². The number of carbonyl (C=O) groups is 2. The summed E-state index contributed by atoms with van der Waals surface area (Å²) in [7, 11) is 1.59. The number of hydrogen-bond donors (Lipinski definition) is 1. The number of nitrogens with one attached hydrogen (secondary N) is 1. The second-order valence-corrected chi connectivity index (χ2v) is 11.9. The van der Waals surface area contributed by atoms with Gasteiger partial charge >= 0.3 is 11.5 Å². The van der Waals surface area contributed by atoms with Gasteiger partial charge in [0.15, 0.2) is 11.0 Å². The number of alkyl halides is 3. The quantitative estimate of drug-likeness (QED) is 0.208. The van der Waals surface area contributed by atoms with Gasteiger partial charge in [-0.2, -0.15) is 18.2 Å². The van der Waals surface area contributed by atoms with Crippen molar-refractivity contribution in [3.05, 3.63) is 83.7 Å². The molecule has 3 amide bonds. The van der Waals surface area contributed by atoms with Gasteiger partial charge in [-0.05, 0) is 92.2 Å². The number of ether oxygens (including phenoxy) is 1. The Labute approximate surface area is 259 Å². The van der Waals surface area contributed by atoms with Crippen LogP contribution in [0.3, 0.4) is 0 Å². The second kappa shape index (κ2) is 12.8. The predicted octanol–water partition coefficient (Wildman–Crippen LogP) is 7.54. The van der Waals surface area contributed by atoms with Gasteiger partial charge in [-0.25, -0.2) is 14.5 Å². The molecule has 3 aromatic carbocycles. The smallest absolute Gasteiger partial charge is 0.377 e. The van der Waals surface area contributed by atoms with Crippen molar-refractivity contribution >= 4 is 52.0 Å². The third-order valence-corrected chi connectivity index (χ3v) is 8.40. The number of rotatable bonds is 7. The molecule has 0 spiro atoms. The standard InChI is InChI=1S/C30H27F3N6O3S2/c1-17-5-11-23(19(3)42-4)25(13-17)39-26(40)15-43-29(39)36-28(41)35-24-12-6-20(14-18(24)2)27-34-16-38(37-27)21-7-9-22(10-8-21)44-30(31,32)33/h5-14,16,19H,15H2,1-4H3,(H,35,41)/b36-29-. The van der Waals surface area contributed by atoms with Crippen molar-refractivity contribution in [1.29, 1.82) is 0 Å². The molecule has 5 rings (SSSR count). The summed E-state index contributed by atoms with van der Waals surface area (Å²) < 4.78 is 44.8. The monoisotopic (exact) mass is 640 g/mol. The molecule has 1 saturated heterocycles. The number of aliphatic imine (C=N–C) groups is 1. The molecule has 9 nitrogen and oxygen atoms in total. The summed E-state index contributed by atoms with van der Waals surface area (Å²) in [5, 5.41) is 7.51. The molecule has 0 aliphatic carbocycles. The number of amides is 3. The number of aryl methyl sites for hydroxylation is 2. The third-order valence-electron chi connectivity index (χ3n) is 6.73. The molecule has 1 aliphatic rings. The molecule has 2 heterocycles. The number of aromatic nitrogens is 3. The summed E-state index contributed by atoms with van der Waals surface area (Å²) >= 11 is 1.01. The van der Waals surface area contributed by atoms with Gasteiger partial charge in [0.25, 0.3) is 0 Å². The van der Waals surface area contributed by atoms with Gasteiger partial charge in [-0.15, -0.1) is 5.10 Å². The van der Waals surface area contributed by atoms with E-state index in [0.717, 1.165) is 16.7 Å². The lowest BCUT2D eigenvalue weighted by Crippen LogP contribution is -2.31. The van der Waals surface area contributed by atoms with Crippen LogP contribution in [0.25, 0.3) is 17.1 Å². The lowest BCUT2D eigenvalue weighted by molar-refractivity contribution is -0.115. The second-order valence-electron chi connectivity index (χ2n) is 9.87. The Bertz CT molecular complexity index is 1740. The molecule has 4 aromatic rings. The van der Waals surface area contributed by atoms with Crippen molar-refractivity contribution < 1.29 is 27.5 Å². The number of anilines is 2. The first kappa shape index (κ1) is 31.3. The number of methoxy groups -OCH3 is 1. The molecule has 1 fully saturated rings. The van der Waals surface area contributed by atoms with Crippen LogP contribution in [0, 0.1) is 13.8 Å². The van der Waals surface area contributed by atoms with E-state index in [1.165, 1.54) is 51.9 Å². The Hall–Kier alpha value is -4.14. The molecule has 1 atom stereocenters. The van der Waals surface area contributed by atoms with Crippen LogP contribution in [-0.4, -0.2) is 50.2 Å². The van der Waals surface area contributed by atoms with Crippen LogP contribution >= 0.6 is 23.5 Å². The molecule has 1 unspecified atom stereocenters. The number of urea groups is 1. The Morgan fingerprint density at radius 2 is 1.86 bits per heavy atom. The summed E-state index contributed by atoms with van der Waals surface area (Å²) in [6.45, 7) is 5.62. The van der Waals surface area contributed by atoms with E-state index < -0.39 is 11.5 Å². The highest BCUT2D eigenvalue weighted by Crippen LogP contribution is 2.37. The van der Waals surface area contributed by atoms with Crippen LogP contribution in [-0.2, 0) is 9.53 Å². The van der Waals surface area contributed by atoms with Crippen LogP contribution in [0.15, 0.2) is 76.9 Å². The van der Waals surface area contributed by atoms with Crippen LogP contribution in [0.2, 0.25) is 0 Å². The highest BCUT2D eigenvalue weighted by molar-refractivity contribution is 8.15. The SMILES string of the molecule is COC(C)c1ccc(C)cc1N1C(=O)CS/C1=N\C(=O)Nc1ccc(-c2ncn(-c3ccc(SC(F)(F)F)cc3)n2)cc1C. The van der Waals surface area contributed by atoms with Crippen molar-refractivity contribution in [2.75, 3.05) is 23.1 Å². The summed E-state index contributed by atoms with van der Waals surface area (Å²) in [6.07, 6.45) is 1.20. The van der Waals surface area contributed by atoms with Crippen molar-refractivity contribution in [3.63, 3.8) is 0 Å². The van der Waals surface area contributed by atoms with Gasteiger partial charge < -0.3 is 10.1 Å². The molecule has 0 bridgehead atoms. The molecular weight excluding hydrogens is 613 g/mol. The van der Waals surface area contributed by atoms with E-state index in [1.807, 2.05) is 39.0 Å². The van der Waals surface area contributed by atoms with Crippen molar-refractivity contribution in [3.8, 4) is 17.1 Å². The van der Waals surface area contributed by atoms with E-state index in [-0.39, 0.29) is 39.6 Å². The lowest BCUT2D eigenvalue weighted by atomic mass is 10.0. The van der Waals surface area contributed by atoms with Gasteiger partial charge in [0, 0.05) is 28.8 Å². The van der Waals surface area contributed by atoms with Gasteiger partial charge in [0.2, 0.25) is 5.91 Å². The maximum absolute atomic E-state index is 13.0. The fourth-order valence-corrected chi connectivity index (χ4v) is 5.89. The molecule has 1 N–H and O–H groups in total. The van der Waals surface area contributed by atoms with E-state index in [1.54, 1.807) is 25.3 Å². The Balaban J connectivity index is 1.31. The fourth-order valence-electron chi connectivity index (χ4n) is 4.49. The summed E-state index contributed by atoms with van der Waals surface area (Å²) in [6, 6.07) is 16.2. The molecule has 14 heteroatoms. The number of thioether (sulfide) groups is 2. The largest absolute Gasteiger partial charge is 0.446 e. The van der Waals surface area contributed by atoms with Crippen LogP contribution in [0.5, 0.6) is 0 Å². The molecule has 1 aliphatic heterocycles. The van der Waals surface area contributed by atoms with Crippen molar-refractivity contribution in [1.82, 2.24) is 14.8 Å². The van der Waals surface area contributed by atoms with Gasteiger partial charge in [0.1, 0.15) is 6.33 Å². The number of hydrogen-bond acceptors (Lipinski definition) is 7. The van der Waals surface area contributed by atoms with Crippen LogP contribution in [0.1, 0.15) is 29.7 Å². The summed E-state index contributed by atoms with van der Waals surface area (Å²) in [4.78, 5) is 36.0. The molecule has 0 radical (unpaired) electrons. The normalized spacial score (nSPS) is 15.2. The first-order chi connectivity index (χ1) is 20.9. The highest BCUT2D eigenvalue weighted by atomic mass is 32.2. The minimum Gasteiger partial charge on any atom is -0.377 e. The molecule has 228 valence electrons. The number of nitrogens with zero attached hydrogens (tertiary/aromatic N) is 5. The van der Waals surface area contributed by atoms with Gasteiger partial charge in [-0.3, -0.25) is 9.69 Å². The fraction of sp³-hybridized carbons (Fsp3) is 0.233. The number of halogens is 3. The van der Waals surface area contributed by atoms with E-state index in [0.29, 0.717) is 28.5 Å². The first-order valence-corrected chi connectivity index (χ1v) is 15.1. The maximum Gasteiger partial charge on any atom is 0.446 e. The van der Waals surface area contributed by atoms with E-state index >= 15 is 0 Å². The van der Waals surface area contributed by atoms with Crippen LogP contribution < -0.4 is 10.2 Å². The van der Waals surface area contributed by atoms with Gasteiger partial charge in [-0.1, -0.05) is 23.9 Å². The molecule has 0 saturated carbocycles. The highest BCUT2D eigenvalue weighted by Gasteiger charge is 2.33. The third kappa shape index (κ3) is 7.14. The van der Waals surface area contributed by atoms with Gasteiger partial charge in [0.05, 0.1) is 23.2 Å². The number of amidine groups is 1. The molecular formula is C30H27F3N6O3S2. The van der Waals surface area contributed by atoms with Crippen molar-refractivity contribution in [2.45, 2.75) is 37.3 Å². The average Bonchev–Trinajstić information content (AvgIpc) is 3.60. The predicted molar refractivity (Wildman–Crippen MR) is 166 cm³/mol. The Morgan fingerprint density at radius 1 is 1.11 bits per heavy atom. The van der Waals surface area contributed by atoms with E-state index in [9.17, 15) is 22.8 Å². The van der Waals surface area contributed by atoms with Crippen molar-refractivity contribution in [2.24, 2.45) is 4.99 Å². The molecule has 44 heavy (non-hydrogen) atoms. The van der Waals surface area contributed by atoms with E-state index in [4.69, 9.17) is 4.74 Å². The maximum atomic E-state index is 13.0. The topological polar surface area (TPSA) is 102 Å². The average molecular weight is 641 g/mol. The van der Waals surface area contributed by atoms with E-state index in [2.05, 4.69) is 20.4 Å². The first-order valence-electron chi connectivity index (χ1n) is 13.3. The molecule has 1 aromatic heterocycles. The minimum atomic E-state index is -4.36. The lowest BCUT2D eigenvalue weighted by Gasteiger charge is -2.23. The summed E-state index contributed by atoms with van der Waals surface area (Å²) in [5.74, 6) is 0.376. The Morgan fingerprint density at radius 3 is 2.55 bits per heavy atom. The number of carbonyl (C=O) groups excluding carboxylic acids is 2. The Kier molecular flexibility index (Phi) is 9.13. The zero-order chi connectivity index (χ0) is 31.6.